The molecule has 0 fully saturated rings. The minimum absolute atomic E-state index is 0.0242. The molecule has 24 rings (SSSR count). The van der Waals surface area contributed by atoms with Crippen molar-refractivity contribution < 1.29 is 8.83 Å². The second-order valence-corrected chi connectivity index (χ2v) is 57.9. The van der Waals surface area contributed by atoms with Crippen molar-refractivity contribution in [1.82, 2.24) is 0 Å². The third kappa shape index (κ3) is 14.6. The van der Waals surface area contributed by atoms with Crippen molar-refractivity contribution in [3.05, 3.63) is 295 Å². The average molecular weight is 1910 g/mol. The van der Waals surface area contributed by atoms with E-state index in [1.807, 2.05) is 0 Å². The lowest BCUT2D eigenvalue weighted by atomic mass is 9.35. The Morgan fingerprint density at radius 3 is 0.993 bits per heavy atom. The molecule has 0 saturated heterocycles. The highest BCUT2D eigenvalue weighted by Gasteiger charge is 2.56. The first kappa shape index (κ1) is 96.2. The van der Waals surface area contributed by atoms with Crippen LogP contribution in [0.25, 0.3) is 44.2 Å². The molecule has 6 nitrogen and oxygen atoms in total. The van der Waals surface area contributed by atoms with Crippen molar-refractivity contribution in [3.8, 4) is 22.3 Å². The largest absolute Gasteiger partial charge is 0.468 e. The average Bonchev–Trinajstić information content (AvgIpc) is 1.63. The van der Waals surface area contributed by atoms with E-state index in [0.717, 1.165) is 117 Å². The third-order valence-electron chi connectivity index (χ3n) is 39.4. The Morgan fingerprint density at radius 1 is 0.262 bits per heavy atom. The maximum absolute atomic E-state index is 8.08. The number of rotatable bonds is 8. The summed E-state index contributed by atoms with van der Waals surface area (Å²) in [4.78, 5) is 11.1. The predicted octanol–water partition coefficient (Wildman–Crippen LogP) is 34.2. The fraction of sp³-hybridized carbons (Fsp3) is 0.445. The standard InChI is InChI=1S/C137H158B2N4O2/c1-80-62-111-117-112(63-80)142(109-77-102-99(132(23,24)56-59-135(102,29)30)73-105(109)138(117)121-119(91-65-84(123(2,3)4)42-48-115(91)144-121)140(111)87-44-46-93-95(69-87)128(15,16)52-50-126(93,11)12)108-76-101-98(131(21,22)55-58-134(101,27)28)72-90(108)83-41-37-38-81(64-83)79-137(33)61-60-136(31,32)103-78-110-106(74-104(103)137)139-118-113(141(88-45-47-94-96(70-88)129(17,18)53-51-127(94,13)14)120-92-66-85(124(5,6)7)43-49-116(92)145-122(120)139)67-86(125(8,9)10)68-114(118)143(110)107-75-100-97(130(19,20)54-57-133(100,25)26)71-89(107)82-39-35-34-36-40-82/h34-49,62-78H,50-61,79H2,1-33H3. The summed E-state index contributed by atoms with van der Waals surface area (Å²) in [6.07, 6.45) is 14.1. The van der Waals surface area contributed by atoms with Gasteiger partial charge in [-0.2, -0.15) is 0 Å². The molecule has 4 aliphatic heterocycles. The zero-order valence-electron chi connectivity index (χ0n) is 94.0. The van der Waals surface area contributed by atoms with Gasteiger partial charge in [0, 0.05) is 67.4 Å². The zero-order valence-corrected chi connectivity index (χ0v) is 94.0. The lowest BCUT2D eigenvalue weighted by Crippen LogP contribution is -2.61. The maximum atomic E-state index is 8.08. The van der Waals surface area contributed by atoms with Gasteiger partial charge < -0.3 is 28.4 Å². The predicted molar refractivity (Wildman–Crippen MR) is 622 cm³/mol. The molecule has 2 aromatic heterocycles. The van der Waals surface area contributed by atoms with Gasteiger partial charge in [-0.25, -0.2) is 0 Å². The van der Waals surface area contributed by atoms with Gasteiger partial charge >= 0.3 is 0 Å². The molecule has 1 atom stereocenters. The van der Waals surface area contributed by atoms with Crippen molar-refractivity contribution in [2.45, 2.75) is 393 Å². The fourth-order valence-electron chi connectivity index (χ4n) is 29.1. The van der Waals surface area contributed by atoms with Crippen LogP contribution in [0.3, 0.4) is 0 Å². The van der Waals surface area contributed by atoms with E-state index in [0.29, 0.717) is 0 Å². The van der Waals surface area contributed by atoms with E-state index in [2.05, 4.69) is 448 Å². The third-order valence-corrected chi connectivity index (χ3v) is 39.4. The van der Waals surface area contributed by atoms with Gasteiger partial charge in [0.05, 0.1) is 34.1 Å². The number of anilines is 12. The van der Waals surface area contributed by atoms with Crippen LogP contribution in [-0.2, 0) is 87.6 Å². The number of nitrogens with zero attached hydrogens (tertiary/aromatic N) is 4. The van der Waals surface area contributed by atoms with E-state index in [1.54, 1.807) is 0 Å². The Hall–Kier alpha value is -11.0. The van der Waals surface area contributed by atoms with Gasteiger partial charge in [-0.3, -0.25) is 0 Å². The number of benzene rings is 12. The van der Waals surface area contributed by atoms with E-state index >= 15 is 0 Å². The van der Waals surface area contributed by atoms with Crippen LogP contribution in [0.2, 0.25) is 0 Å². The van der Waals surface area contributed by atoms with Crippen LogP contribution in [0, 0.1) is 6.92 Å². The van der Waals surface area contributed by atoms with Crippen molar-refractivity contribution in [3.63, 3.8) is 0 Å². The first-order valence-electron chi connectivity index (χ1n) is 55.5. The van der Waals surface area contributed by atoms with Gasteiger partial charge in [0.15, 0.2) is 0 Å². The number of hydrogen-bond acceptors (Lipinski definition) is 6. The van der Waals surface area contributed by atoms with E-state index in [4.69, 9.17) is 8.83 Å². The normalized spacial score (nSPS) is 21.1. The SMILES string of the molecule is Cc1cc2c3c(c1)N(c1ccc4c(c1)C(C)(C)CCC4(C)C)c1c(oc4ccc(C(C)(C)C)cc14)B3c1cc3c(cc1N2c1cc2c(cc1-c1cccc(CC4(C)CCC(C)(C)c5cc6c(cc54)B4c5oc7ccc(C(C)(C)C)cc7c5N(c5ccc7c(c5)C(C)(C)CCC7(C)C)c5cc(C(C)(C)C)cc(c54)N6c4cc5c(cc4-c4ccccc4)C(C)(C)CCC5(C)C)c1)C(C)(C)CCC2(C)C)C(C)(C)CCC3(C)C. The molecule has 744 valence electrons. The number of furan rings is 2. The fourth-order valence-corrected chi connectivity index (χ4v) is 29.1. The van der Waals surface area contributed by atoms with Crippen LogP contribution in [-0.4, -0.2) is 13.4 Å². The van der Waals surface area contributed by atoms with Gasteiger partial charge in [-0.05, 0) is 408 Å². The summed E-state index contributed by atoms with van der Waals surface area (Å²) in [5.41, 5.74) is 51.2. The molecule has 6 heterocycles. The van der Waals surface area contributed by atoms with Crippen molar-refractivity contribution in [1.29, 1.82) is 0 Å². The number of fused-ring (bicyclic) bond motifs is 18. The molecule has 12 aromatic carbocycles. The number of aryl methyl sites for hydroxylation is 1. The molecule has 0 saturated carbocycles. The van der Waals surface area contributed by atoms with Gasteiger partial charge in [0.25, 0.3) is 13.4 Å². The molecule has 0 spiro atoms. The van der Waals surface area contributed by atoms with Crippen molar-refractivity contribution >= 4 is 137 Å². The van der Waals surface area contributed by atoms with E-state index in [9.17, 15) is 0 Å². The quantitative estimate of drug-likeness (QED) is 0.141. The summed E-state index contributed by atoms with van der Waals surface area (Å²) in [6.45, 7) is 81.5. The second kappa shape index (κ2) is 30.9. The molecule has 0 amide bonds. The Bertz CT molecular complexity index is 7890. The van der Waals surface area contributed by atoms with Crippen LogP contribution in [0.15, 0.2) is 209 Å². The zero-order chi connectivity index (χ0) is 103. The van der Waals surface area contributed by atoms with Gasteiger partial charge in [0.2, 0.25) is 0 Å². The Balaban J connectivity index is 0.746. The lowest BCUT2D eigenvalue weighted by molar-refractivity contribution is 0.310. The van der Waals surface area contributed by atoms with Gasteiger partial charge in [-0.1, -0.05) is 313 Å². The van der Waals surface area contributed by atoms with E-state index < -0.39 is 0 Å². The molecule has 10 aliphatic rings. The smallest absolute Gasteiger partial charge is 0.297 e. The number of hydrogen-bond donors (Lipinski definition) is 0. The summed E-state index contributed by atoms with van der Waals surface area (Å²) in [5, 5.41) is 2.34. The van der Waals surface area contributed by atoms with Crippen LogP contribution < -0.4 is 52.8 Å². The first-order valence-corrected chi connectivity index (χ1v) is 55.5. The van der Waals surface area contributed by atoms with Gasteiger partial charge in [0.1, 0.15) is 11.2 Å². The van der Waals surface area contributed by atoms with Crippen LogP contribution >= 0.6 is 0 Å². The maximum Gasteiger partial charge on any atom is 0.297 e. The Morgan fingerprint density at radius 2 is 0.586 bits per heavy atom. The molecule has 145 heavy (non-hydrogen) atoms. The van der Waals surface area contributed by atoms with Crippen molar-refractivity contribution in [2.24, 2.45) is 0 Å². The molecule has 1 unspecified atom stereocenters. The topological polar surface area (TPSA) is 39.2 Å². The highest BCUT2D eigenvalue weighted by molar-refractivity contribution is 7.00. The molecule has 0 radical (unpaired) electrons. The monoisotopic (exact) mass is 1910 g/mol. The lowest BCUT2D eigenvalue weighted by Gasteiger charge is -2.49. The summed E-state index contributed by atoms with van der Waals surface area (Å²) >= 11 is 0. The summed E-state index contributed by atoms with van der Waals surface area (Å²) < 4.78 is 16.0. The van der Waals surface area contributed by atoms with Crippen molar-refractivity contribution in [2.75, 3.05) is 19.6 Å². The minimum Gasteiger partial charge on any atom is -0.468 e. The minimum atomic E-state index is -0.340. The van der Waals surface area contributed by atoms with E-state index in [1.165, 1.54) is 207 Å². The highest BCUT2D eigenvalue weighted by Crippen LogP contribution is 2.63. The Labute approximate surface area is 869 Å². The molecule has 0 bridgehead atoms. The molecule has 14 aromatic rings. The summed E-state index contributed by atoms with van der Waals surface area (Å²) in [5.74, 6) is 0. The second-order valence-electron chi connectivity index (χ2n) is 57.9. The highest BCUT2D eigenvalue weighted by atomic mass is 16.3. The molecular formula is C137H158B2N4O2. The Kier molecular flexibility index (Phi) is 20.5. The van der Waals surface area contributed by atoms with Crippen LogP contribution in [0.5, 0.6) is 0 Å². The van der Waals surface area contributed by atoms with E-state index in [-0.39, 0.29) is 94.7 Å². The molecular weight excluding hydrogens is 1760 g/mol. The van der Waals surface area contributed by atoms with Gasteiger partial charge in [-0.15, -0.1) is 0 Å². The molecule has 0 N–H and O–H groups in total. The summed E-state index contributed by atoms with van der Waals surface area (Å²) in [6, 6.07) is 83.4. The summed E-state index contributed by atoms with van der Waals surface area (Å²) in [7, 11) is 0. The first-order chi connectivity index (χ1) is 67.7. The molecule has 8 heteroatoms. The van der Waals surface area contributed by atoms with Crippen LogP contribution in [0.4, 0.5) is 68.2 Å². The van der Waals surface area contributed by atoms with Crippen LogP contribution in [0.1, 0.15) is 393 Å². The molecule has 6 aliphatic carbocycles.